The number of benzene rings is 3. The Morgan fingerprint density at radius 2 is 1.73 bits per heavy atom. The number of hydrogen-bond acceptors (Lipinski definition) is 5. The van der Waals surface area contributed by atoms with Crippen LogP contribution in [0.2, 0.25) is 0 Å². The molecule has 1 heterocycles. The monoisotopic (exact) mass is 470 g/mol. The fourth-order valence-corrected chi connectivity index (χ4v) is 4.49. The first kappa shape index (κ1) is 22.6. The van der Waals surface area contributed by atoms with Gasteiger partial charge in [0.1, 0.15) is 5.75 Å². The molecule has 3 aromatic carbocycles. The molecule has 0 amide bonds. The molecule has 0 aliphatic carbocycles. The number of hydrogen-bond donors (Lipinski definition) is 0. The lowest BCUT2D eigenvalue weighted by atomic mass is 9.97. The minimum absolute atomic E-state index is 0.108. The highest BCUT2D eigenvalue weighted by Crippen LogP contribution is 2.46. The number of alkyl halides is 3. The Morgan fingerprint density at radius 3 is 2.39 bits per heavy atom. The average molecular weight is 470 g/mol. The van der Waals surface area contributed by atoms with Crippen molar-refractivity contribution >= 4 is 28.4 Å². The molecule has 0 aliphatic rings. The third kappa shape index (κ3) is 4.63. The number of nitrogens with zero attached hydrogens (tertiary/aromatic N) is 2. The Bertz CT molecular complexity index is 1330. The Kier molecular flexibility index (Phi) is 6.24. The zero-order chi connectivity index (χ0) is 23.6. The number of pyridine rings is 1. The number of rotatable bonds is 6. The molecule has 168 valence electrons. The SMILES string of the molecule is COc1cc(C(F)(F)F)ccc1-c1c([N+](=O)[O-])c(SCc2ccccc2)nc2ccccc12. The summed E-state index contributed by atoms with van der Waals surface area (Å²) in [6.45, 7) is 0. The van der Waals surface area contributed by atoms with Crippen LogP contribution in [0.1, 0.15) is 11.1 Å². The molecule has 0 fully saturated rings. The molecule has 0 N–H and O–H groups in total. The van der Waals surface area contributed by atoms with Crippen LogP contribution >= 0.6 is 11.8 Å². The van der Waals surface area contributed by atoms with Crippen molar-refractivity contribution in [3.05, 3.63) is 94.0 Å². The van der Waals surface area contributed by atoms with E-state index in [1.54, 1.807) is 24.3 Å². The van der Waals surface area contributed by atoms with Gasteiger partial charge in [0.15, 0.2) is 5.03 Å². The number of thioether (sulfide) groups is 1. The summed E-state index contributed by atoms with van der Waals surface area (Å²) < 4.78 is 45.0. The third-order valence-corrected chi connectivity index (χ3v) is 6.07. The highest BCUT2D eigenvalue weighted by molar-refractivity contribution is 7.98. The fraction of sp³-hybridized carbons (Fsp3) is 0.125. The smallest absolute Gasteiger partial charge is 0.416 e. The minimum atomic E-state index is -4.57. The molecular formula is C24H17F3N2O3S. The number of fused-ring (bicyclic) bond motifs is 1. The molecule has 33 heavy (non-hydrogen) atoms. The van der Waals surface area contributed by atoms with Crippen LogP contribution in [0, 0.1) is 10.1 Å². The predicted molar refractivity (Wildman–Crippen MR) is 121 cm³/mol. The van der Waals surface area contributed by atoms with E-state index in [1.165, 1.54) is 24.9 Å². The Hall–Kier alpha value is -3.59. The van der Waals surface area contributed by atoms with Crippen LogP contribution in [0.4, 0.5) is 18.9 Å². The van der Waals surface area contributed by atoms with E-state index in [9.17, 15) is 23.3 Å². The quantitative estimate of drug-likeness (QED) is 0.170. The maximum atomic E-state index is 13.2. The van der Waals surface area contributed by atoms with Crippen LogP contribution in [-0.2, 0) is 11.9 Å². The lowest BCUT2D eigenvalue weighted by Gasteiger charge is -2.16. The van der Waals surface area contributed by atoms with Crippen LogP contribution in [0.3, 0.4) is 0 Å². The second-order valence-electron chi connectivity index (χ2n) is 7.10. The fourth-order valence-electron chi connectivity index (χ4n) is 3.52. The molecule has 0 atom stereocenters. The lowest BCUT2D eigenvalue weighted by Crippen LogP contribution is -2.06. The summed E-state index contributed by atoms with van der Waals surface area (Å²) in [7, 11) is 1.24. The molecule has 0 spiro atoms. The molecule has 4 aromatic rings. The molecule has 0 saturated carbocycles. The van der Waals surface area contributed by atoms with E-state index in [0.29, 0.717) is 16.7 Å². The summed E-state index contributed by atoms with van der Waals surface area (Å²) in [5.41, 5.74) is 0.649. The van der Waals surface area contributed by atoms with Crippen LogP contribution in [0.15, 0.2) is 77.8 Å². The van der Waals surface area contributed by atoms with E-state index in [2.05, 4.69) is 4.98 Å². The topological polar surface area (TPSA) is 65.3 Å². The molecule has 0 unspecified atom stereocenters. The Labute approximate surface area is 191 Å². The van der Waals surface area contributed by atoms with E-state index >= 15 is 0 Å². The van der Waals surface area contributed by atoms with E-state index in [0.717, 1.165) is 17.7 Å². The van der Waals surface area contributed by atoms with Gasteiger partial charge < -0.3 is 4.74 Å². The van der Waals surface area contributed by atoms with E-state index in [1.807, 2.05) is 30.3 Å². The zero-order valence-electron chi connectivity index (χ0n) is 17.3. The second kappa shape index (κ2) is 9.11. The van der Waals surface area contributed by atoms with Crippen molar-refractivity contribution < 1.29 is 22.8 Å². The summed E-state index contributed by atoms with van der Waals surface area (Å²) in [4.78, 5) is 16.2. The summed E-state index contributed by atoms with van der Waals surface area (Å²) in [6, 6.07) is 19.2. The van der Waals surface area contributed by atoms with Gasteiger partial charge in [0.2, 0.25) is 0 Å². The van der Waals surface area contributed by atoms with Gasteiger partial charge in [0, 0.05) is 16.7 Å². The average Bonchev–Trinajstić information content (AvgIpc) is 2.81. The summed E-state index contributed by atoms with van der Waals surface area (Å²) in [6.07, 6.45) is -4.57. The Balaban J connectivity index is 1.95. The number of para-hydroxylation sites is 1. The molecule has 0 bridgehead atoms. The largest absolute Gasteiger partial charge is 0.496 e. The third-order valence-electron chi connectivity index (χ3n) is 5.03. The van der Waals surface area contributed by atoms with Gasteiger partial charge in [0.25, 0.3) is 0 Å². The molecule has 5 nitrogen and oxygen atoms in total. The van der Waals surface area contributed by atoms with Gasteiger partial charge in [0.05, 0.1) is 28.7 Å². The van der Waals surface area contributed by atoms with Crippen molar-refractivity contribution in [2.24, 2.45) is 0 Å². The van der Waals surface area contributed by atoms with E-state index < -0.39 is 16.7 Å². The minimum Gasteiger partial charge on any atom is -0.496 e. The van der Waals surface area contributed by atoms with Crippen molar-refractivity contribution in [3.8, 4) is 16.9 Å². The van der Waals surface area contributed by atoms with Gasteiger partial charge in [-0.2, -0.15) is 13.2 Å². The molecule has 0 aliphatic heterocycles. The number of aromatic nitrogens is 1. The van der Waals surface area contributed by atoms with Crippen LogP contribution < -0.4 is 4.74 Å². The predicted octanol–water partition coefficient (Wildman–Crippen LogP) is 7.13. The van der Waals surface area contributed by atoms with Crippen LogP contribution in [0.5, 0.6) is 5.75 Å². The highest BCUT2D eigenvalue weighted by Gasteiger charge is 2.33. The first-order chi connectivity index (χ1) is 15.8. The van der Waals surface area contributed by atoms with Gasteiger partial charge >= 0.3 is 11.9 Å². The van der Waals surface area contributed by atoms with Crippen molar-refractivity contribution in [1.82, 2.24) is 4.98 Å². The maximum Gasteiger partial charge on any atom is 0.416 e. The molecule has 4 rings (SSSR count). The van der Waals surface area contributed by atoms with Crippen molar-refractivity contribution in [1.29, 1.82) is 0 Å². The second-order valence-corrected chi connectivity index (χ2v) is 8.07. The lowest BCUT2D eigenvalue weighted by molar-refractivity contribution is -0.387. The number of ether oxygens (including phenoxy) is 1. The highest BCUT2D eigenvalue weighted by atomic mass is 32.2. The summed E-state index contributed by atoms with van der Waals surface area (Å²) in [5.74, 6) is 0.333. The van der Waals surface area contributed by atoms with Gasteiger partial charge in [-0.25, -0.2) is 4.98 Å². The van der Waals surface area contributed by atoms with Gasteiger partial charge in [-0.15, -0.1) is 0 Å². The number of halogens is 3. The van der Waals surface area contributed by atoms with Gasteiger partial charge in [-0.05, 0) is 29.8 Å². The number of methoxy groups -OCH3 is 1. The van der Waals surface area contributed by atoms with Crippen molar-refractivity contribution in [3.63, 3.8) is 0 Å². The molecule has 0 radical (unpaired) electrons. The van der Waals surface area contributed by atoms with E-state index in [4.69, 9.17) is 4.74 Å². The normalized spacial score (nSPS) is 11.5. The summed E-state index contributed by atoms with van der Waals surface area (Å²) >= 11 is 1.20. The maximum absolute atomic E-state index is 13.2. The zero-order valence-corrected chi connectivity index (χ0v) is 18.1. The first-order valence-electron chi connectivity index (χ1n) is 9.79. The molecule has 0 saturated heterocycles. The van der Waals surface area contributed by atoms with Crippen molar-refractivity contribution in [2.75, 3.05) is 7.11 Å². The number of nitro groups is 1. The molecule has 1 aromatic heterocycles. The van der Waals surface area contributed by atoms with Crippen LogP contribution in [-0.4, -0.2) is 17.0 Å². The first-order valence-corrected chi connectivity index (χ1v) is 10.8. The molecule has 9 heteroatoms. The Morgan fingerprint density at radius 1 is 1.03 bits per heavy atom. The standard InChI is InChI=1S/C24H17F3N2O3S/c1-32-20-13-16(24(25,26)27)11-12-18(20)21-17-9-5-6-10-19(17)28-23(22(21)29(30)31)33-14-15-7-3-2-4-8-15/h2-13H,14H2,1H3. The van der Waals surface area contributed by atoms with Gasteiger partial charge in [-0.1, -0.05) is 60.3 Å². The molecular weight excluding hydrogens is 453 g/mol. The van der Waals surface area contributed by atoms with E-state index in [-0.39, 0.29) is 27.6 Å². The van der Waals surface area contributed by atoms with Gasteiger partial charge in [-0.3, -0.25) is 10.1 Å². The van der Waals surface area contributed by atoms with Crippen LogP contribution in [0.25, 0.3) is 22.0 Å². The summed E-state index contributed by atoms with van der Waals surface area (Å²) in [5, 5.41) is 12.9. The van der Waals surface area contributed by atoms with Crippen molar-refractivity contribution in [2.45, 2.75) is 17.0 Å².